The Balaban J connectivity index is 1.76. The molecule has 116 valence electrons. The number of hydrogen-bond donors (Lipinski definition) is 2. The molecule has 0 aliphatic carbocycles. The number of rotatable bonds is 5. The summed E-state index contributed by atoms with van der Waals surface area (Å²) in [6, 6.07) is 12.8. The van der Waals surface area contributed by atoms with Gasteiger partial charge in [-0.1, -0.05) is 24.3 Å². The molecule has 3 nitrogen and oxygen atoms in total. The smallest absolute Gasteiger partial charge is 0.191 e. The fourth-order valence-corrected chi connectivity index (χ4v) is 2.03. The molecule has 22 heavy (non-hydrogen) atoms. The van der Waals surface area contributed by atoms with Crippen molar-refractivity contribution in [2.45, 2.75) is 13.0 Å². The van der Waals surface area contributed by atoms with Gasteiger partial charge in [-0.3, -0.25) is 4.99 Å². The first-order valence-electron chi connectivity index (χ1n) is 7.11. The normalized spacial score (nSPS) is 11.3. The third-order valence-electron chi connectivity index (χ3n) is 3.19. The highest BCUT2D eigenvalue weighted by Gasteiger charge is 2.00. The van der Waals surface area contributed by atoms with Crippen molar-refractivity contribution in [3.63, 3.8) is 0 Å². The van der Waals surface area contributed by atoms with Gasteiger partial charge in [0.15, 0.2) is 5.96 Å². The minimum atomic E-state index is -0.249. The van der Waals surface area contributed by atoms with Crippen molar-refractivity contribution in [2.24, 2.45) is 4.99 Å². The van der Waals surface area contributed by atoms with E-state index < -0.39 is 0 Å². The molecule has 0 aromatic heterocycles. The third-order valence-corrected chi connectivity index (χ3v) is 3.19. The Morgan fingerprint density at radius 2 is 1.73 bits per heavy atom. The lowest BCUT2D eigenvalue weighted by Crippen LogP contribution is -2.37. The molecule has 0 bridgehead atoms. The van der Waals surface area contributed by atoms with Gasteiger partial charge < -0.3 is 10.6 Å². The summed E-state index contributed by atoms with van der Waals surface area (Å²) in [6.07, 6.45) is 0.703. The molecule has 0 amide bonds. The quantitative estimate of drug-likeness (QED) is 0.658. The summed E-state index contributed by atoms with van der Waals surface area (Å²) >= 11 is 0. The summed E-state index contributed by atoms with van der Waals surface area (Å²) < 4.78 is 25.9. The Bertz CT molecular complexity index is 624. The monoisotopic (exact) mass is 303 g/mol. The second-order valence-corrected chi connectivity index (χ2v) is 4.86. The predicted octanol–water partition coefficient (Wildman–Crippen LogP) is 2.87. The number of nitrogens with one attached hydrogen (secondary N) is 2. The van der Waals surface area contributed by atoms with Crippen molar-refractivity contribution in [1.29, 1.82) is 0 Å². The van der Waals surface area contributed by atoms with Crippen molar-refractivity contribution in [1.82, 2.24) is 10.6 Å². The van der Waals surface area contributed by atoms with Crippen LogP contribution in [0.5, 0.6) is 0 Å². The Labute approximate surface area is 129 Å². The summed E-state index contributed by atoms with van der Waals surface area (Å²) in [4.78, 5) is 4.12. The van der Waals surface area contributed by atoms with E-state index in [1.807, 2.05) is 6.07 Å². The van der Waals surface area contributed by atoms with E-state index in [-0.39, 0.29) is 11.6 Å². The second-order valence-electron chi connectivity index (χ2n) is 4.86. The molecule has 5 heteroatoms. The second kappa shape index (κ2) is 8.12. The van der Waals surface area contributed by atoms with Crippen LogP contribution in [0.1, 0.15) is 11.1 Å². The van der Waals surface area contributed by atoms with Crippen LogP contribution in [0.2, 0.25) is 0 Å². The van der Waals surface area contributed by atoms with Crippen LogP contribution < -0.4 is 10.6 Å². The van der Waals surface area contributed by atoms with Crippen molar-refractivity contribution in [3.05, 3.63) is 71.3 Å². The van der Waals surface area contributed by atoms with Gasteiger partial charge in [0.25, 0.3) is 0 Å². The molecule has 0 saturated carbocycles. The van der Waals surface area contributed by atoms with Gasteiger partial charge >= 0.3 is 0 Å². The lowest BCUT2D eigenvalue weighted by atomic mass is 10.1. The molecule has 2 rings (SSSR count). The fourth-order valence-electron chi connectivity index (χ4n) is 2.03. The number of aliphatic imine (C=N–C) groups is 1. The van der Waals surface area contributed by atoms with Crippen molar-refractivity contribution >= 4 is 5.96 Å². The Morgan fingerprint density at radius 3 is 2.41 bits per heavy atom. The Kier molecular flexibility index (Phi) is 5.89. The zero-order valence-corrected chi connectivity index (χ0v) is 12.4. The number of nitrogens with zero attached hydrogens (tertiary/aromatic N) is 1. The van der Waals surface area contributed by atoms with E-state index in [1.165, 1.54) is 24.3 Å². The van der Waals surface area contributed by atoms with E-state index in [2.05, 4.69) is 15.6 Å². The molecule has 0 radical (unpaired) electrons. The number of hydrogen-bond acceptors (Lipinski definition) is 1. The van der Waals surface area contributed by atoms with E-state index in [0.29, 0.717) is 25.5 Å². The van der Waals surface area contributed by atoms with Crippen molar-refractivity contribution in [2.75, 3.05) is 13.6 Å². The Morgan fingerprint density at radius 1 is 0.955 bits per heavy atom. The molecule has 0 fully saturated rings. The van der Waals surface area contributed by atoms with Gasteiger partial charge in [0.2, 0.25) is 0 Å². The molecule has 0 aliphatic heterocycles. The minimum Gasteiger partial charge on any atom is -0.356 e. The van der Waals surface area contributed by atoms with Crippen molar-refractivity contribution in [3.8, 4) is 0 Å². The van der Waals surface area contributed by atoms with Crippen LogP contribution in [0.25, 0.3) is 0 Å². The summed E-state index contributed by atoms with van der Waals surface area (Å²) in [5.41, 5.74) is 1.90. The maximum Gasteiger partial charge on any atom is 0.191 e. The highest BCUT2D eigenvalue weighted by atomic mass is 19.1. The SMILES string of the molecule is CN=C(NCCc1cccc(F)c1)NCc1ccc(F)cc1. The predicted molar refractivity (Wildman–Crippen MR) is 84.7 cm³/mol. The topological polar surface area (TPSA) is 36.4 Å². The van der Waals surface area contributed by atoms with Crippen molar-refractivity contribution < 1.29 is 8.78 Å². The van der Waals surface area contributed by atoms with E-state index in [0.717, 1.165) is 11.1 Å². The molecule has 0 atom stereocenters. The lowest BCUT2D eigenvalue weighted by Gasteiger charge is -2.12. The van der Waals surface area contributed by atoms with Gasteiger partial charge in [-0.05, 0) is 41.8 Å². The van der Waals surface area contributed by atoms with E-state index in [1.54, 1.807) is 25.2 Å². The van der Waals surface area contributed by atoms with Crippen LogP contribution in [0, 0.1) is 11.6 Å². The summed E-state index contributed by atoms with van der Waals surface area (Å²) in [5, 5.41) is 6.31. The van der Waals surface area contributed by atoms with Gasteiger partial charge in [-0.25, -0.2) is 8.78 Å². The summed E-state index contributed by atoms with van der Waals surface area (Å²) in [7, 11) is 1.68. The molecule has 0 aliphatic rings. The van der Waals surface area contributed by atoms with Crippen LogP contribution in [0.4, 0.5) is 8.78 Å². The standard InChI is InChI=1S/C17H19F2N3/c1-20-17(22-12-14-5-7-15(18)8-6-14)21-10-9-13-3-2-4-16(19)11-13/h2-8,11H,9-10,12H2,1H3,(H2,20,21,22). The van der Waals surface area contributed by atoms with Gasteiger partial charge in [0.05, 0.1) is 0 Å². The molecular formula is C17H19F2N3. The number of benzene rings is 2. The van der Waals surface area contributed by atoms with Gasteiger partial charge in [0, 0.05) is 20.1 Å². The van der Waals surface area contributed by atoms with Crippen LogP contribution >= 0.6 is 0 Å². The van der Waals surface area contributed by atoms with Crippen LogP contribution in [-0.4, -0.2) is 19.6 Å². The van der Waals surface area contributed by atoms with Crippen LogP contribution in [0.15, 0.2) is 53.5 Å². The molecule has 0 heterocycles. The third kappa shape index (κ3) is 5.16. The first-order valence-corrected chi connectivity index (χ1v) is 7.11. The molecule has 2 aromatic rings. The van der Waals surface area contributed by atoms with Gasteiger partial charge in [0.1, 0.15) is 11.6 Å². The summed E-state index contributed by atoms with van der Waals surface area (Å²) in [6.45, 7) is 1.20. The highest BCUT2D eigenvalue weighted by Crippen LogP contribution is 2.04. The average Bonchev–Trinajstić information content (AvgIpc) is 2.52. The summed E-state index contributed by atoms with van der Waals surface area (Å²) in [5.74, 6) is 0.179. The average molecular weight is 303 g/mol. The van der Waals surface area contributed by atoms with Gasteiger partial charge in [-0.2, -0.15) is 0 Å². The molecule has 2 N–H and O–H groups in total. The van der Waals surface area contributed by atoms with Gasteiger partial charge in [-0.15, -0.1) is 0 Å². The Hall–Kier alpha value is -2.43. The first kappa shape index (κ1) is 15.9. The molecule has 2 aromatic carbocycles. The molecule has 0 saturated heterocycles. The maximum absolute atomic E-state index is 13.1. The van der Waals surface area contributed by atoms with E-state index >= 15 is 0 Å². The highest BCUT2D eigenvalue weighted by molar-refractivity contribution is 5.79. The van der Waals surface area contributed by atoms with E-state index in [4.69, 9.17) is 0 Å². The zero-order valence-electron chi connectivity index (χ0n) is 12.4. The molecule has 0 spiro atoms. The minimum absolute atomic E-state index is 0.226. The molecular weight excluding hydrogens is 284 g/mol. The van der Waals surface area contributed by atoms with E-state index in [9.17, 15) is 8.78 Å². The zero-order chi connectivity index (χ0) is 15.8. The molecule has 0 unspecified atom stereocenters. The lowest BCUT2D eigenvalue weighted by molar-refractivity contribution is 0.625. The number of guanidine groups is 1. The number of halogens is 2. The first-order chi connectivity index (χ1) is 10.7. The maximum atomic E-state index is 13.1. The largest absolute Gasteiger partial charge is 0.356 e. The van der Waals surface area contributed by atoms with Crippen LogP contribution in [-0.2, 0) is 13.0 Å². The van der Waals surface area contributed by atoms with Crippen LogP contribution in [0.3, 0.4) is 0 Å². The fraction of sp³-hybridized carbons (Fsp3) is 0.235.